The molecule has 82 heavy (non-hydrogen) atoms. The Bertz CT molecular complexity index is 3010. The summed E-state index contributed by atoms with van der Waals surface area (Å²) in [5, 5.41) is 28.8. The molecular weight excluding hydrogens is 1060 g/mol. The van der Waals surface area contributed by atoms with Gasteiger partial charge in [0.15, 0.2) is 11.3 Å². The van der Waals surface area contributed by atoms with Gasteiger partial charge in [0, 0.05) is 48.5 Å². The highest BCUT2D eigenvalue weighted by atomic mass is 16.6. The summed E-state index contributed by atoms with van der Waals surface area (Å²) in [6.07, 6.45) is 1.66. The van der Waals surface area contributed by atoms with E-state index in [-0.39, 0.29) is 84.4 Å². The molecule has 2 heterocycles. The number of nitro benzene ring substituents is 2. The van der Waals surface area contributed by atoms with Gasteiger partial charge in [-0.25, -0.2) is 19.6 Å². The Morgan fingerprint density at radius 3 is 1.17 bits per heavy atom. The van der Waals surface area contributed by atoms with E-state index in [1.807, 2.05) is 74.5 Å². The Kier molecular flexibility index (Phi) is 22.1. The van der Waals surface area contributed by atoms with Crippen LogP contribution >= 0.6 is 0 Å². The van der Waals surface area contributed by atoms with Crippen molar-refractivity contribution in [3.05, 3.63) is 176 Å². The molecule has 6 aromatic rings. The molecule has 22 nitrogen and oxygen atoms in total. The summed E-state index contributed by atoms with van der Waals surface area (Å²) in [4.78, 5) is 120. The molecule has 0 radical (unpaired) electrons. The van der Waals surface area contributed by atoms with Crippen molar-refractivity contribution < 1.29 is 57.6 Å². The predicted molar refractivity (Wildman–Crippen MR) is 302 cm³/mol. The molecule has 430 valence electrons. The van der Waals surface area contributed by atoms with Gasteiger partial charge in [0.2, 0.25) is 0 Å². The first kappa shape index (κ1) is 61.9. The van der Waals surface area contributed by atoms with Crippen LogP contribution in [0.25, 0.3) is 33.6 Å². The summed E-state index contributed by atoms with van der Waals surface area (Å²) in [5.74, 6) is -4.89. The molecule has 0 aliphatic rings. The highest BCUT2D eigenvalue weighted by molar-refractivity contribution is 5.99. The number of nitrogens with one attached hydrogen (secondary N) is 2. The zero-order valence-electron chi connectivity index (χ0n) is 46.6. The molecule has 2 atom stereocenters. The first-order valence-electron chi connectivity index (χ1n) is 26.7. The lowest BCUT2D eigenvalue weighted by molar-refractivity contribution is -0.385. The zero-order chi connectivity index (χ0) is 59.4. The van der Waals surface area contributed by atoms with Crippen LogP contribution < -0.4 is 10.6 Å². The van der Waals surface area contributed by atoms with E-state index >= 15 is 0 Å². The molecule has 6 rings (SSSR count). The molecule has 0 spiro atoms. The van der Waals surface area contributed by atoms with Crippen molar-refractivity contribution in [2.75, 3.05) is 40.5 Å². The van der Waals surface area contributed by atoms with E-state index in [4.69, 9.17) is 28.9 Å². The van der Waals surface area contributed by atoms with E-state index in [1.165, 1.54) is 48.3 Å². The first-order chi connectivity index (χ1) is 39.4. The van der Waals surface area contributed by atoms with E-state index in [1.54, 1.807) is 38.1 Å². The van der Waals surface area contributed by atoms with Crippen molar-refractivity contribution in [3.8, 4) is 33.6 Å². The average Bonchev–Trinajstić information content (AvgIpc) is 3.68. The highest BCUT2D eigenvalue weighted by Crippen LogP contribution is 2.34. The van der Waals surface area contributed by atoms with Gasteiger partial charge < -0.3 is 29.6 Å². The van der Waals surface area contributed by atoms with Gasteiger partial charge in [0.1, 0.15) is 0 Å². The number of rotatable bonds is 29. The molecule has 2 N–H and O–H groups in total. The summed E-state index contributed by atoms with van der Waals surface area (Å²) in [6.45, 7) is 5.05. The van der Waals surface area contributed by atoms with E-state index in [2.05, 4.69) is 10.6 Å². The number of amides is 2. The number of benzene rings is 4. The highest BCUT2D eigenvalue weighted by Gasteiger charge is 2.49. The molecule has 2 amide bonds. The molecule has 22 heteroatoms. The van der Waals surface area contributed by atoms with Crippen LogP contribution in [0.4, 0.5) is 11.4 Å². The number of nitro groups is 2. The Hall–Kier alpha value is -9.28. The molecule has 0 fully saturated rings. The van der Waals surface area contributed by atoms with Crippen molar-refractivity contribution in [2.24, 2.45) is 0 Å². The van der Waals surface area contributed by atoms with Gasteiger partial charge in [-0.2, -0.15) is 0 Å². The summed E-state index contributed by atoms with van der Waals surface area (Å²) >= 11 is 0. The van der Waals surface area contributed by atoms with Crippen LogP contribution in [0.5, 0.6) is 0 Å². The minimum Gasteiger partial charge on any atom is -0.468 e. The maximum Gasteiger partial charge on any atom is 0.347 e. The van der Waals surface area contributed by atoms with Gasteiger partial charge in [-0.3, -0.25) is 49.2 Å². The van der Waals surface area contributed by atoms with Crippen LogP contribution in [0.3, 0.4) is 0 Å². The number of aromatic nitrogens is 2. The third kappa shape index (κ3) is 15.5. The third-order valence-electron chi connectivity index (χ3n) is 13.4. The monoisotopic (exact) mass is 1120 g/mol. The number of unbranched alkanes of at least 4 members (excludes halogenated alkanes) is 2. The fourth-order valence-electron chi connectivity index (χ4n) is 9.20. The molecule has 0 bridgehead atoms. The number of ether oxygens (including phenoxy) is 4. The molecular formula is C60H66N8O14. The molecule has 0 saturated carbocycles. The number of carbonyl (C=O) groups excluding carboxylic acids is 6. The van der Waals surface area contributed by atoms with Crippen molar-refractivity contribution in [1.29, 1.82) is 0 Å². The number of non-ortho nitro benzene ring substituents is 2. The average molecular weight is 1120 g/mol. The second-order valence-corrected chi connectivity index (χ2v) is 18.9. The first-order valence-corrected chi connectivity index (χ1v) is 26.7. The normalized spacial score (nSPS) is 12.5. The third-order valence-corrected chi connectivity index (χ3v) is 13.4. The lowest BCUT2D eigenvalue weighted by atomic mass is 9.97. The number of hydrogen-bond donors (Lipinski definition) is 2. The molecule has 0 saturated heterocycles. The van der Waals surface area contributed by atoms with E-state index in [0.29, 0.717) is 36.8 Å². The topological polar surface area (TPSA) is 282 Å². The van der Waals surface area contributed by atoms with Crippen molar-refractivity contribution >= 4 is 47.1 Å². The Morgan fingerprint density at radius 2 is 0.866 bits per heavy atom. The number of esters is 4. The van der Waals surface area contributed by atoms with Gasteiger partial charge in [0.25, 0.3) is 23.2 Å². The number of methoxy groups -OCH3 is 2. The number of pyridine rings is 2. The minimum atomic E-state index is -2.05. The molecule has 2 unspecified atom stereocenters. The van der Waals surface area contributed by atoms with Gasteiger partial charge >= 0.3 is 23.9 Å². The maximum atomic E-state index is 14.7. The lowest BCUT2D eigenvalue weighted by Crippen LogP contribution is -2.66. The second kappa shape index (κ2) is 29.3. The van der Waals surface area contributed by atoms with Crippen LogP contribution in [0.15, 0.2) is 133 Å². The van der Waals surface area contributed by atoms with Crippen LogP contribution in [0.1, 0.15) is 98.3 Å². The van der Waals surface area contributed by atoms with Crippen molar-refractivity contribution in [2.45, 2.75) is 90.6 Å². The SMILES string of the molecule is CCCCC(NC(=O)c1ccc([N+](=O)[O-])cc1)(C(=O)OCC)N(CC(=O)OC)Cc1cc(-c2ccccc2)cc(-c2cc(-c3ccccc3)cc(CN(CC(=O)OC)C(CCCC)(NC(=O)c3ccc([N+](=O)[O-])cc3)C(=O)OCC)n2)n1. The largest absolute Gasteiger partial charge is 0.468 e. The van der Waals surface area contributed by atoms with Gasteiger partial charge in [0.05, 0.1) is 73.1 Å². The van der Waals surface area contributed by atoms with Gasteiger partial charge in [-0.1, -0.05) is 87.4 Å². The second-order valence-electron chi connectivity index (χ2n) is 18.9. The summed E-state index contributed by atoms with van der Waals surface area (Å²) in [5.41, 5.74) is -0.789. The predicted octanol–water partition coefficient (Wildman–Crippen LogP) is 9.00. The molecule has 4 aromatic carbocycles. The molecule has 0 aliphatic heterocycles. The Labute approximate surface area is 474 Å². The number of carbonyl (C=O) groups is 6. The quantitative estimate of drug-likeness (QED) is 0.0146. The summed E-state index contributed by atoms with van der Waals surface area (Å²) < 4.78 is 21.8. The van der Waals surface area contributed by atoms with Gasteiger partial charge in [-0.15, -0.1) is 0 Å². The van der Waals surface area contributed by atoms with Crippen LogP contribution in [0.2, 0.25) is 0 Å². The standard InChI is InChI=1S/C60H66N8O14/c1-7-11-31-59(57(73)81-9-3,63-55(71)43-23-27-49(28-24-43)67(75)76)65(39-53(69)79-5)37-47-33-45(41-19-15-13-16-20-41)35-51(61-47)52-36-46(42-21-17-14-18-22-42)34-48(62-52)38-66(40-54(70)80-6)60(32-12-8-2,58(74)82-10-4)64-56(72)44-25-29-50(30-26-44)68(77)78/h13-30,33-36H,7-12,31-32,37-40H2,1-6H3,(H,63,71)(H,64,72). The summed E-state index contributed by atoms with van der Waals surface area (Å²) in [7, 11) is 2.37. The number of nitrogens with zero attached hydrogens (tertiary/aromatic N) is 6. The fourth-order valence-corrected chi connectivity index (χ4v) is 9.20. The van der Waals surface area contributed by atoms with Crippen LogP contribution in [-0.2, 0) is 51.2 Å². The van der Waals surface area contributed by atoms with E-state index < -0.39 is 70.0 Å². The zero-order valence-corrected chi connectivity index (χ0v) is 46.6. The maximum absolute atomic E-state index is 14.7. The lowest BCUT2D eigenvalue weighted by Gasteiger charge is -2.41. The van der Waals surface area contributed by atoms with Crippen molar-refractivity contribution in [1.82, 2.24) is 30.4 Å². The van der Waals surface area contributed by atoms with E-state index in [9.17, 15) is 49.0 Å². The van der Waals surface area contributed by atoms with Crippen LogP contribution in [-0.4, -0.2) is 117 Å². The molecule has 0 aliphatic carbocycles. The van der Waals surface area contributed by atoms with E-state index in [0.717, 1.165) is 35.4 Å². The fraction of sp³-hybridized carbons (Fsp3) is 0.333. The number of hydrogen-bond acceptors (Lipinski definition) is 18. The van der Waals surface area contributed by atoms with Gasteiger partial charge in [-0.05, 0) is 110 Å². The summed E-state index contributed by atoms with van der Waals surface area (Å²) in [6, 6.07) is 35.4. The Balaban J connectivity index is 1.58. The Morgan fingerprint density at radius 1 is 0.512 bits per heavy atom. The molecule has 2 aromatic heterocycles. The van der Waals surface area contributed by atoms with Crippen LogP contribution in [0, 0.1) is 20.2 Å². The minimum absolute atomic E-state index is 0.0117. The smallest absolute Gasteiger partial charge is 0.347 e. The van der Waals surface area contributed by atoms with Crippen molar-refractivity contribution in [3.63, 3.8) is 0 Å².